The molecule has 0 radical (unpaired) electrons. The maximum atomic E-state index is 15.3. The van der Waals surface area contributed by atoms with E-state index in [2.05, 4.69) is 217 Å². The molecule has 2 amide bonds. The lowest BCUT2D eigenvalue weighted by Crippen LogP contribution is -2.41. The molecule has 2 aliphatic heterocycles. The standard InChI is InChI=1S/C103H92N6O10/c110-100-88-38-28-37-87-90(104-49-18-1-19-50-104)48-47-89(99(87)88)101(111)109(100)74-64-72(102(112)118-68-70-59-75(114-55-24-20-51-105-91-39-10-2-29-79(91)80-30-3-11-40-92(80)105)66-76(60-70)115-56-25-21-52-106-93-41-12-4-31-81(93)82-32-5-13-42-94(82)106)63-73(65-74)103(113)119-69-71-61-77(116-57-26-22-53-107-95-43-14-6-33-83(95)84-34-7-15-44-96(84)107)67-78(62-71)117-58-27-23-54-108-97-45-16-8-35-85(97)86-36-9-17-46-98(86)108/h2-17,28-48,59-67H,1,18-27,49-58,68-69H2. The van der Waals surface area contributed by atoms with E-state index in [1.165, 1.54) is 105 Å². The second kappa shape index (κ2) is 33.9. The number of imide groups is 1. The van der Waals surface area contributed by atoms with Crippen LogP contribution in [0.4, 0.5) is 11.4 Å². The highest BCUT2D eigenvalue weighted by Crippen LogP contribution is 2.41. The van der Waals surface area contributed by atoms with Crippen LogP contribution >= 0.6 is 0 Å². The van der Waals surface area contributed by atoms with Gasteiger partial charge in [0.15, 0.2) is 0 Å². The van der Waals surface area contributed by atoms with E-state index >= 15 is 19.2 Å². The Morgan fingerprint density at radius 2 is 0.597 bits per heavy atom. The molecule has 19 rings (SSSR count). The summed E-state index contributed by atoms with van der Waals surface area (Å²) in [6.45, 7) is 6.19. The van der Waals surface area contributed by atoms with Crippen LogP contribution in [0.2, 0.25) is 0 Å². The average Bonchev–Trinajstić information content (AvgIpc) is 1.72. The Bertz CT molecular complexity index is 5870. The number of para-hydroxylation sites is 8. The molecule has 0 atom stereocenters. The Kier molecular flexibility index (Phi) is 21.5. The molecule has 1 fully saturated rings. The number of amides is 2. The number of benzene rings is 13. The summed E-state index contributed by atoms with van der Waals surface area (Å²) in [5.74, 6) is -0.611. The van der Waals surface area contributed by atoms with E-state index in [1.54, 1.807) is 12.1 Å². The number of hydrogen-bond donors (Lipinski definition) is 0. The molecule has 2 aliphatic rings. The summed E-state index contributed by atoms with van der Waals surface area (Å²) in [6.07, 6.45) is 9.72. The first-order valence-corrected chi connectivity index (χ1v) is 42.0. The van der Waals surface area contributed by atoms with Gasteiger partial charge in [-0.2, -0.15) is 0 Å². The number of unbranched alkanes of at least 4 members (excludes halogenated alkanes) is 4. The zero-order chi connectivity index (χ0) is 80.1. The highest BCUT2D eigenvalue weighted by Gasteiger charge is 2.36. The number of fused-ring (bicyclic) bond motifs is 12. The average molecular weight is 1570 g/mol. The molecule has 0 saturated carbocycles. The maximum Gasteiger partial charge on any atom is 0.338 e. The number of nitrogens with zero attached hydrogens (tertiary/aromatic N) is 6. The van der Waals surface area contributed by atoms with Gasteiger partial charge < -0.3 is 51.6 Å². The number of aromatic nitrogens is 4. The van der Waals surface area contributed by atoms with Crippen molar-refractivity contribution in [2.45, 2.75) is 110 Å². The molecule has 0 spiro atoms. The minimum absolute atomic E-state index is 0.00563. The van der Waals surface area contributed by atoms with Gasteiger partial charge in [-0.05, 0) is 191 Å². The largest absolute Gasteiger partial charge is 0.493 e. The molecular weight excluding hydrogens is 1480 g/mol. The molecule has 0 N–H and O–H groups in total. The highest BCUT2D eigenvalue weighted by atomic mass is 16.5. The van der Waals surface area contributed by atoms with Crippen LogP contribution in [-0.2, 0) is 48.9 Å². The number of anilines is 2. The summed E-state index contributed by atoms with van der Waals surface area (Å²) < 4.78 is 48.4. The zero-order valence-corrected chi connectivity index (χ0v) is 66.6. The third kappa shape index (κ3) is 15.3. The molecule has 16 heteroatoms. The third-order valence-electron chi connectivity index (χ3n) is 23.7. The number of esters is 2. The predicted molar refractivity (Wildman–Crippen MR) is 475 cm³/mol. The monoisotopic (exact) mass is 1570 g/mol. The van der Waals surface area contributed by atoms with Gasteiger partial charge in [-0.1, -0.05) is 158 Å². The topological polar surface area (TPSA) is 150 Å². The molecule has 4 aromatic heterocycles. The lowest BCUT2D eigenvalue weighted by Gasteiger charge is -2.32. The van der Waals surface area contributed by atoms with Crippen LogP contribution in [-0.4, -0.2) is 81.5 Å². The van der Waals surface area contributed by atoms with E-state index in [-0.39, 0.29) is 30.0 Å². The fraction of sp³-hybridized carbons (Fsp3) is 0.223. The van der Waals surface area contributed by atoms with Gasteiger partial charge in [0, 0.05) is 166 Å². The first-order valence-electron chi connectivity index (χ1n) is 42.0. The van der Waals surface area contributed by atoms with Crippen molar-refractivity contribution in [3.05, 3.63) is 312 Å². The summed E-state index contributed by atoms with van der Waals surface area (Å²) in [5.41, 5.74) is 12.2. The van der Waals surface area contributed by atoms with Crippen molar-refractivity contribution in [2.75, 3.05) is 49.3 Å². The van der Waals surface area contributed by atoms with Crippen molar-refractivity contribution in [3.8, 4) is 23.0 Å². The Hall–Kier alpha value is -13.6. The van der Waals surface area contributed by atoms with Gasteiger partial charge in [0.25, 0.3) is 11.8 Å². The van der Waals surface area contributed by atoms with Crippen molar-refractivity contribution in [1.82, 2.24) is 18.3 Å². The van der Waals surface area contributed by atoms with Crippen LogP contribution < -0.4 is 28.7 Å². The molecular formula is C103H92N6O10. The smallest absolute Gasteiger partial charge is 0.338 e. The number of hydrogen-bond acceptors (Lipinski definition) is 11. The molecule has 6 heterocycles. The molecule has 16 nitrogen and oxygen atoms in total. The molecule has 0 unspecified atom stereocenters. The summed E-state index contributed by atoms with van der Waals surface area (Å²) in [4.78, 5) is 64.1. The molecule has 119 heavy (non-hydrogen) atoms. The Morgan fingerprint density at radius 1 is 0.294 bits per heavy atom. The molecule has 1 saturated heterocycles. The molecule has 0 bridgehead atoms. The third-order valence-corrected chi connectivity index (χ3v) is 23.7. The van der Waals surface area contributed by atoms with Crippen molar-refractivity contribution in [2.24, 2.45) is 0 Å². The van der Waals surface area contributed by atoms with E-state index in [4.69, 9.17) is 28.4 Å². The van der Waals surface area contributed by atoms with Crippen molar-refractivity contribution in [3.63, 3.8) is 0 Å². The Balaban J connectivity index is 0.587. The molecule has 17 aromatic rings. The molecule has 13 aromatic carbocycles. The summed E-state index contributed by atoms with van der Waals surface area (Å²) in [7, 11) is 0. The lowest BCUT2D eigenvalue weighted by atomic mass is 9.91. The number of piperidine rings is 1. The van der Waals surface area contributed by atoms with Gasteiger partial charge in [0.05, 0.1) is 43.2 Å². The first-order chi connectivity index (χ1) is 58.7. The van der Waals surface area contributed by atoms with Gasteiger partial charge in [-0.15, -0.1) is 0 Å². The molecule has 0 aliphatic carbocycles. The fourth-order valence-electron chi connectivity index (χ4n) is 18.2. The zero-order valence-electron chi connectivity index (χ0n) is 66.6. The minimum Gasteiger partial charge on any atom is -0.493 e. The predicted octanol–water partition coefficient (Wildman–Crippen LogP) is 23.2. The number of carbonyl (C=O) groups excluding carboxylic acids is 4. The van der Waals surface area contributed by atoms with Crippen molar-refractivity contribution < 1.29 is 47.6 Å². The normalized spacial score (nSPS) is 13.0. The SMILES string of the molecule is O=C(OCc1cc(OCCCCn2c3ccccc3c3ccccc32)cc(OCCCCn2c3ccccc3c3ccccc32)c1)c1cc(C(=O)OCc2cc(OCCCCn3c4ccccc4c4ccccc43)cc(OCCCCn3c4ccccc4c4ccccc43)c2)cc(N2C(=O)c3cccc4c(N5CCCCC5)ccc(c34)C2=O)c1. The number of rotatable bonds is 32. The quantitative estimate of drug-likeness (QED) is 0.0225. The van der Waals surface area contributed by atoms with Gasteiger partial charge in [-0.25, -0.2) is 14.5 Å². The maximum absolute atomic E-state index is 15.3. The van der Waals surface area contributed by atoms with Gasteiger partial charge in [0.1, 0.15) is 36.2 Å². The number of ether oxygens (including phenoxy) is 6. The highest BCUT2D eigenvalue weighted by molar-refractivity contribution is 6.37. The van der Waals surface area contributed by atoms with Gasteiger partial charge in [-0.3, -0.25) is 9.59 Å². The lowest BCUT2D eigenvalue weighted by molar-refractivity contribution is 0.0468. The minimum atomic E-state index is -0.813. The Labute approximate surface area is 689 Å². The van der Waals surface area contributed by atoms with Crippen molar-refractivity contribution in [1.29, 1.82) is 0 Å². The number of aryl methyl sites for hydroxylation is 4. The van der Waals surface area contributed by atoms with E-state index < -0.39 is 23.8 Å². The van der Waals surface area contributed by atoms with Crippen LogP contribution in [0.5, 0.6) is 23.0 Å². The van der Waals surface area contributed by atoms with Crippen LogP contribution in [0.25, 0.3) is 98.0 Å². The Morgan fingerprint density at radius 3 is 0.924 bits per heavy atom. The second-order valence-electron chi connectivity index (χ2n) is 31.4. The summed E-state index contributed by atoms with van der Waals surface area (Å²) in [5, 5.41) is 11.2. The van der Waals surface area contributed by atoms with E-state index in [0.29, 0.717) is 77.1 Å². The van der Waals surface area contributed by atoms with Crippen LogP contribution in [0.3, 0.4) is 0 Å². The van der Waals surface area contributed by atoms with E-state index in [1.807, 2.05) is 54.6 Å². The summed E-state index contributed by atoms with van der Waals surface area (Å²) in [6, 6.07) is 93.0. The second-order valence-corrected chi connectivity index (χ2v) is 31.4. The van der Waals surface area contributed by atoms with Gasteiger partial charge >= 0.3 is 11.9 Å². The number of carbonyl (C=O) groups is 4. The van der Waals surface area contributed by atoms with Crippen LogP contribution in [0.15, 0.2) is 279 Å². The summed E-state index contributed by atoms with van der Waals surface area (Å²) >= 11 is 0. The van der Waals surface area contributed by atoms with Crippen LogP contribution in [0.1, 0.15) is 123 Å². The molecule has 594 valence electrons. The fourth-order valence-corrected chi connectivity index (χ4v) is 18.2. The van der Waals surface area contributed by atoms with Crippen LogP contribution in [0, 0.1) is 0 Å². The van der Waals surface area contributed by atoms with Gasteiger partial charge in [0.2, 0.25) is 0 Å². The van der Waals surface area contributed by atoms with Crippen molar-refractivity contribution >= 4 is 133 Å². The van der Waals surface area contributed by atoms with E-state index in [9.17, 15) is 0 Å². The first kappa shape index (κ1) is 75.4. The van der Waals surface area contributed by atoms with E-state index in [0.717, 1.165) is 126 Å².